The molecule has 0 aliphatic rings. The molecule has 0 radical (unpaired) electrons. The molecule has 2 aromatic heterocycles. The van der Waals surface area contributed by atoms with Crippen molar-refractivity contribution in [3.63, 3.8) is 0 Å². The molecule has 9 heteroatoms. The Morgan fingerprint density at radius 2 is 2.12 bits per heavy atom. The molecule has 2 heterocycles. The summed E-state index contributed by atoms with van der Waals surface area (Å²) < 4.78 is 5.60. The number of hydrogen-bond donors (Lipinski definition) is 2. The number of aryl methyl sites for hydroxylation is 1. The fraction of sp³-hybridized carbons (Fsp3) is 0.125. The highest BCUT2D eigenvalue weighted by Crippen LogP contribution is 2.37. The third-order valence-electron chi connectivity index (χ3n) is 3.28. The highest BCUT2D eigenvalue weighted by atomic mass is 35.5. The first-order valence-electron chi connectivity index (χ1n) is 7.16. The van der Waals surface area contributed by atoms with Crippen molar-refractivity contribution >= 4 is 68.0 Å². The van der Waals surface area contributed by atoms with Crippen LogP contribution in [0.3, 0.4) is 0 Å². The summed E-state index contributed by atoms with van der Waals surface area (Å²) >= 11 is 12.8. The Hall–Kier alpha value is -2.29. The minimum absolute atomic E-state index is 0.362. The molecule has 0 bridgehead atoms. The van der Waals surface area contributed by atoms with Gasteiger partial charge in [0, 0.05) is 27.7 Å². The largest absolute Gasteiger partial charge is 0.465 e. The van der Waals surface area contributed by atoms with Crippen molar-refractivity contribution in [2.75, 3.05) is 17.7 Å². The van der Waals surface area contributed by atoms with Crippen LogP contribution in [0.2, 0.25) is 5.02 Å². The molecule has 2 N–H and O–H groups in total. The van der Waals surface area contributed by atoms with Crippen LogP contribution in [0, 0.1) is 6.92 Å². The summed E-state index contributed by atoms with van der Waals surface area (Å²) in [5.74, 6) is -0.0276. The molecule has 3 rings (SSSR count). The zero-order valence-electron chi connectivity index (χ0n) is 13.3. The van der Waals surface area contributed by atoms with Gasteiger partial charge in [-0.2, -0.15) is 0 Å². The summed E-state index contributed by atoms with van der Waals surface area (Å²) in [6.45, 7) is 1.87. The number of benzene rings is 1. The first-order valence-corrected chi connectivity index (χ1v) is 8.76. The van der Waals surface area contributed by atoms with Gasteiger partial charge < -0.3 is 15.4 Å². The van der Waals surface area contributed by atoms with Gasteiger partial charge in [0.15, 0.2) is 5.11 Å². The van der Waals surface area contributed by atoms with E-state index in [1.54, 1.807) is 12.3 Å². The fourth-order valence-corrected chi connectivity index (χ4v) is 3.81. The van der Waals surface area contributed by atoms with Gasteiger partial charge in [0.25, 0.3) is 0 Å². The lowest BCUT2D eigenvalue weighted by atomic mass is 10.2. The molecular formula is C16H13ClN4O2S2. The number of nitrogens with zero attached hydrogens (tertiary/aromatic N) is 2. The van der Waals surface area contributed by atoms with Gasteiger partial charge in [-0.3, -0.25) is 0 Å². The molecule has 0 saturated carbocycles. The standard InChI is InChI=1S/C16H13ClN4O2S2/c1-8-5-6-18-15(19-8)21-16(24)20-9-3-4-10-11(7-9)25-13(12(10)17)14(22)23-2/h3-7H,1-2H3,(H2,18,19,20,21,24). The third-order valence-corrected chi connectivity index (χ3v) is 5.12. The molecule has 0 amide bonds. The van der Waals surface area contributed by atoms with Gasteiger partial charge in [-0.1, -0.05) is 11.6 Å². The molecule has 3 aromatic rings. The summed E-state index contributed by atoms with van der Waals surface area (Å²) in [5, 5.41) is 7.53. The number of aromatic nitrogens is 2. The predicted octanol–water partition coefficient (Wildman–Crippen LogP) is 4.25. The molecule has 0 fully saturated rings. The van der Waals surface area contributed by atoms with E-state index in [2.05, 4.69) is 20.6 Å². The number of thiocarbonyl (C=S) groups is 1. The van der Waals surface area contributed by atoms with Crippen molar-refractivity contribution in [2.45, 2.75) is 6.92 Å². The number of methoxy groups -OCH3 is 1. The number of nitrogens with one attached hydrogen (secondary N) is 2. The van der Waals surface area contributed by atoms with E-state index in [0.29, 0.717) is 21.0 Å². The Balaban J connectivity index is 1.80. The number of ether oxygens (including phenoxy) is 1. The van der Waals surface area contributed by atoms with E-state index >= 15 is 0 Å². The van der Waals surface area contributed by atoms with Gasteiger partial charge in [-0.05, 0) is 43.4 Å². The van der Waals surface area contributed by atoms with E-state index in [-0.39, 0.29) is 0 Å². The molecule has 0 spiro atoms. The van der Waals surface area contributed by atoms with Crippen LogP contribution < -0.4 is 10.6 Å². The van der Waals surface area contributed by atoms with Crippen LogP contribution in [-0.4, -0.2) is 28.2 Å². The van der Waals surface area contributed by atoms with Crippen molar-refractivity contribution in [1.82, 2.24) is 9.97 Å². The van der Waals surface area contributed by atoms with Crippen LogP contribution in [0.5, 0.6) is 0 Å². The summed E-state index contributed by atoms with van der Waals surface area (Å²) in [7, 11) is 1.33. The van der Waals surface area contributed by atoms with Gasteiger partial charge in [0.05, 0.1) is 12.1 Å². The highest BCUT2D eigenvalue weighted by molar-refractivity contribution is 7.80. The highest BCUT2D eigenvalue weighted by Gasteiger charge is 2.17. The number of fused-ring (bicyclic) bond motifs is 1. The molecule has 0 unspecified atom stereocenters. The molecule has 6 nitrogen and oxygen atoms in total. The molecule has 0 aliphatic heterocycles. The fourth-order valence-electron chi connectivity index (χ4n) is 2.14. The van der Waals surface area contributed by atoms with Gasteiger partial charge in [-0.25, -0.2) is 14.8 Å². The third kappa shape index (κ3) is 3.87. The Morgan fingerprint density at radius 1 is 1.32 bits per heavy atom. The summed E-state index contributed by atoms with van der Waals surface area (Å²) in [4.78, 5) is 20.5. The second-order valence-corrected chi connectivity index (χ2v) is 6.89. The molecule has 128 valence electrons. The average molecular weight is 393 g/mol. The van der Waals surface area contributed by atoms with E-state index in [1.807, 2.05) is 25.1 Å². The normalized spacial score (nSPS) is 10.5. The SMILES string of the molecule is COC(=O)c1sc2cc(NC(=S)Nc3nccc(C)n3)ccc2c1Cl. The van der Waals surface area contributed by atoms with Crippen LogP contribution in [0.25, 0.3) is 10.1 Å². The number of rotatable bonds is 3. The van der Waals surface area contributed by atoms with Crippen molar-refractivity contribution in [3.8, 4) is 0 Å². The first-order chi connectivity index (χ1) is 12.0. The Kier molecular flexibility index (Phi) is 5.12. The number of hydrogen-bond acceptors (Lipinski definition) is 6. The van der Waals surface area contributed by atoms with Crippen LogP contribution >= 0.6 is 35.2 Å². The van der Waals surface area contributed by atoms with Crippen molar-refractivity contribution < 1.29 is 9.53 Å². The maximum atomic E-state index is 11.7. The number of halogens is 1. The maximum absolute atomic E-state index is 11.7. The van der Waals surface area contributed by atoms with Gasteiger partial charge in [0.2, 0.25) is 5.95 Å². The van der Waals surface area contributed by atoms with Crippen molar-refractivity contribution in [2.24, 2.45) is 0 Å². The molecule has 0 atom stereocenters. The number of esters is 1. The summed E-state index contributed by atoms with van der Waals surface area (Å²) in [6, 6.07) is 7.32. The molecule has 25 heavy (non-hydrogen) atoms. The van der Waals surface area contributed by atoms with Crippen LogP contribution in [0.4, 0.5) is 11.6 Å². The topological polar surface area (TPSA) is 76.1 Å². The van der Waals surface area contributed by atoms with E-state index in [9.17, 15) is 4.79 Å². The van der Waals surface area contributed by atoms with E-state index < -0.39 is 5.97 Å². The minimum atomic E-state index is -0.450. The quantitative estimate of drug-likeness (QED) is 0.509. The smallest absolute Gasteiger partial charge is 0.349 e. The lowest BCUT2D eigenvalue weighted by Gasteiger charge is -2.09. The minimum Gasteiger partial charge on any atom is -0.465 e. The number of anilines is 2. The monoisotopic (exact) mass is 392 g/mol. The lowest BCUT2D eigenvalue weighted by molar-refractivity contribution is 0.0606. The van der Waals surface area contributed by atoms with Crippen LogP contribution in [0.15, 0.2) is 30.5 Å². The second kappa shape index (κ2) is 7.30. The second-order valence-electron chi connectivity index (χ2n) is 5.05. The number of thiophene rings is 1. The Labute approximate surface area is 158 Å². The number of carbonyl (C=O) groups excluding carboxylic acids is 1. The maximum Gasteiger partial charge on any atom is 0.349 e. The number of carbonyl (C=O) groups is 1. The molecule has 0 aliphatic carbocycles. The van der Waals surface area contributed by atoms with Crippen LogP contribution in [-0.2, 0) is 4.74 Å². The average Bonchev–Trinajstić information content (AvgIpc) is 2.90. The van der Waals surface area contributed by atoms with E-state index in [1.165, 1.54) is 18.4 Å². The zero-order chi connectivity index (χ0) is 18.0. The van der Waals surface area contributed by atoms with Gasteiger partial charge >= 0.3 is 5.97 Å². The van der Waals surface area contributed by atoms with Gasteiger partial charge in [0.1, 0.15) is 4.88 Å². The predicted molar refractivity (Wildman–Crippen MR) is 105 cm³/mol. The van der Waals surface area contributed by atoms with Crippen LogP contribution in [0.1, 0.15) is 15.4 Å². The zero-order valence-corrected chi connectivity index (χ0v) is 15.7. The molecule has 0 saturated heterocycles. The summed E-state index contributed by atoms with van der Waals surface area (Å²) in [5.41, 5.74) is 1.59. The van der Waals surface area contributed by atoms with Gasteiger partial charge in [-0.15, -0.1) is 11.3 Å². The molecule has 1 aromatic carbocycles. The van der Waals surface area contributed by atoms with E-state index in [4.69, 9.17) is 28.6 Å². The Morgan fingerprint density at radius 3 is 2.84 bits per heavy atom. The Bertz CT molecular complexity index is 974. The lowest BCUT2D eigenvalue weighted by Crippen LogP contribution is -2.20. The van der Waals surface area contributed by atoms with Crippen molar-refractivity contribution in [1.29, 1.82) is 0 Å². The first kappa shape index (κ1) is 17.5. The summed E-state index contributed by atoms with van der Waals surface area (Å²) in [6.07, 6.45) is 1.65. The molecular weight excluding hydrogens is 380 g/mol. The van der Waals surface area contributed by atoms with Crippen molar-refractivity contribution in [3.05, 3.63) is 46.1 Å². The van der Waals surface area contributed by atoms with E-state index in [0.717, 1.165) is 21.5 Å².